The molecule has 1 amide bonds. The Morgan fingerprint density at radius 2 is 1.79 bits per heavy atom. The van der Waals surface area contributed by atoms with Gasteiger partial charge in [-0.3, -0.25) is 4.79 Å². The fourth-order valence-electron chi connectivity index (χ4n) is 4.11. The van der Waals surface area contributed by atoms with Gasteiger partial charge in [0.05, 0.1) is 0 Å². The fraction of sp³-hybridized carbons (Fsp3) is 0.240. The molecule has 3 aromatic rings. The Labute approximate surface area is 177 Å². The second-order valence-electron chi connectivity index (χ2n) is 7.59. The zero-order chi connectivity index (χ0) is 20.4. The number of fused-ring (bicyclic) bond motifs is 1. The van der Waals surface area contributed by atoms with Crippen molar-refractivity contribution in [3.8, 4) is 16.9 Å². The molecule has 0 radical (unpaired) electrons. The van der Waals surface area contributed by atoms with Gasteiger partial charge in [-0.25, -0.2) is 0 Å². The zero-order valence-electron chi connectivity index (χ0n) is 16.5. The number of hydrogen-bond acceptors (Lipinski definition) is 3. The third-order valence-electron chi connectivity index (χ3n) is 5.59. The number of carbonyl (C=O) groups is 1. The number of thiol groups is 1. The van der Waals surface area contributed by atoms with E-state index in [1.54, 1.807) is 0 Å². The summed E-state index contributed by atoms with van der Waals surface area (Å²) in [5.41, 5.74) is 12.8. The van der Waals surface area contributed by atoms with E-state index in [0.29, 0.717) is 0 Å². The molecule has 3 aromatic carbocycles. The van der Waals surface area contributed by atoms with Crippen molar-refractivity contribution < 1.29 is 9.53 Å². The highest BCUT2D eigenvalue weighted by Crippen LogP contribution is 2.41. The fourth-order valence-corrected chi connectivity index (χ4v) is 4.46. The zero-order valence-corrected chi connectivity index (χ0v) is 17.4. The van der Waals surface area contributed by atoms with Crippen molar-refractivity contribution in [2.75, 3.05) is 0 Å². The summed E-state index contributed by atoms with van der Waals surface area (Å²) in [6, 6.07) is 22.8. The standard InChI is InChI=1S/C25H25NO2S/c1-16-5-2-3-6-19(16)20-7-4-8-22-21(20)13-14-23(22)28-18-11-9-17(10-12-18)24(29)15-25(26)27/h2-12,23-24,29H,13-15H2,1H3,(H2,26,27)/t23-,24?/m1/s1. The minimum Gasteiger partial charge on any atom is -0.486 e. The van der Waals surface area contributed by atoms with Crippen LogP contribution in [-0.2, 0) is 11.2 Å². The van der Waals surface area contributed by atoms with Crippen molar-refractivity contribution in [2.45, 2.75) is 37.5 Å². The molecule has 1 aliphatic carbocycles. The lowest BCUT2D eigenvalue weighted by Gasteiger charge is -2.17. The highest BCUT2D eigenvalue weighted by Gasteiger charge is 2.26. The molecule has 0 spiro atoms. The van der Waals surface area contributed by atoms with E-state index < -0.39 is 0 Å². The number of carbonyl (C=O) groups excluding carboxylic acids is 1. The van der Waals surface area contributed by atoms with E-state index in [9.17, 15) is 4.79 Å². The van der Waals surface area contributed by atoms with Gasteiger partial charge in [0, 0.05) is 11.7 Å². The van der Waals surface area contributed by atoms with E-state index in [4.69, 9.17) is 10.5 Å². The summed E-state index contributed by atoms with van der Waals surface area (Å²) in [6.07, 6.45) is 2.26. The van der Waals surface area contributed by atoms with E-state index in [0.717, 1.165) is 24.2 Å². The molecule has 0 saturated carbocycles. The van der Waals surface area contributed by atoms with Gasteiger partial charge in [-0.05, 0) is 65.3 Å². The first-order valence-electron chi connectivity index (χ1n) is 9.93. The Kier molecular flexibility index (Phi) is 5.63. The molecule has 2 N–H and O–H groups in total. The van der Waals surface area contributed by atoms with E-state index in [1.165, 1.54) is 27.8 Å². The van der Waals surface area contributed by atoms with Crippen LogP contribution in [0.5, 0.6) is 5.75 Å². The van der Waals surface area contributed by atoms with Gasteiger partial charge in [0.2, 0.25) is 5.91 Å². The molecule has 0 aliphatic heterocycles. The Morgan fingerprint density at radius 1 is 1.07 bits per heavy atom. The molecule has 2 atom stereocenters. The molecule has 0 aromatic heterocycles. The smallest absolute Gasteiger partial charge is 0.218 e. The van der Waals surface area contributed by atoms with Gasteiger partial charge in [0.25, 0.3) is 0 Å². The molecule has 1 aliphatic rings. The summed E-state index contributed by atoms with van der Waals surface area (Å²) >= 11 is 4.46. The van der Waals surface area contributed by atoms with Crippen molar-refractivity contribution in [1.29, 1.82) is 0 Å². The van der Waals surface area contributed by atoms with Crippen molar-refractivity contribution in [3.63, 3.8) is 0 Å². The quantitative estimate of drug-likeness (QED) is 0.528. The van der Waals surface area contributed by atoms with E-state index in [-0.39, 0.29) is 23.7 Å². The summed E-state index contributed by atoms with van der Waals surface area (Å²) in [5, 5.41) is -0.189. The maximum Gasteiger partial charge on any atom is 0.218 e. The summed E-state index contributed by atoms with van der Waals surface area (Å²) in [4.78, 5) is 11.1. The van der Waals surface area contributed by atoms with Crippen LogP contribution in [0, 0.1) is 6.92 Å². The molecule has 4 heteroatoms. The number of amides is 1. The molecule has 29 heavy (non-hydrogen) atoms. The van der Waals surface area contributed by atoms with Gasteiger partial charge in [-0.2, -0.15) is 12.6 Å². The Morgan fingerprint density at radius 3 is 2.52 bits per heavy atom. The second kappa shape index (κ2) is 8.34. The average molecular weight is 404 g/mol. The summed E-state index contributed by atoms with van der Waals surface area (Å²) < 4.78 is 6.32. The molecular formula is C25H25NO2S. The van der Waals surface area contributed by atoms with Crippen LogP contribution in [0.1, 0.15) is 46.4 Å². The normalized spacial score (nSPS) is 16.3. The maximum atomic E-state index is 11.1. The van der Waals surface area contributed by atoms with Gasteiger partial charge in [0.1, 0.15) is 11.9 Å². The van der Waals surface area contributed by atoms with Crippen LogP contribution in [0.3, 0.4) is 0 Å². The Hall–Kier alpha value is -2.72. The van der Waals surface area contributed by atoms with Crippen LogP contribution < -0.4 is 10.5 Å². The van der Waals surface area contributed by atoms with Crippen LogP contribution in [0.15, 0.2) is 66.7 Å². The van der Waals surface area contributed by atoms with E-state index >= 15 is 0 Å². The number of benzene rings is 3. The van der Waals surface area contributed by atoms with Crippen LogP contribution in [-0.4, -0.2) is 5.91 Å². The van der Waals surface area contributed by atoms with Crippen molar-refractivity contribution in [2.24, 2.45) is 5.73 Å². The Balaban J connectivity index is 1.54. The summed E-state index contributed by atoms with van der Waals surface area (Å²) in [6.45, 7) is 2.16. The highest BCUT2D eigenvalue weighted by molar-refractivity contribution is 7.80. The molecule has 0 heterocycles. The Bertz CT molecular complexity index is 1030. The largest absolute Gasteiger partial charge is 0.486 e. The topological polar surface area (TPSA) is 52.3 Å². The third-order valence-corrected chi connectivity index (χ3v) is 6.07. The molecule has 3 nitrogen and oxygen atoms in total. The highest BCUT2D eigenvalue weighted by atomic mass is 32.1. The average Bonchev–Trinajstić information content (AvgIpc) is 3.11. The lowest BCUT2D eigenvalue weighted by Crippen LogP contribution is -2.12. The molecule has 0 fully saturated rings. The van der Waals surface area contributed by atoms with Gasteiger partial charge >= 0.3 is 0 Å². The molecule has 4 rings (SSSR count). The monoisotopic (exact) mass is 403 g/mol. The van der Waals surface area contributed by atoms with Crippen LogP contribution in [0.4, 0.5) is 0 Å². The number of nitrogens with two attached hydrogens (primary N) is 1. The number of ether oxygens (including phenoxy) is 1. The van der Waals surface area contributed by atoms with Crippen LogP contribution >= 0.6 is 12.6 Å². The number of primary amides is 1. The predicted molar refractivity (Wildman–Crippen MR) is 120 cm³/mol. The van der Waals surface area contributed by atoms with Crippen molar-refractivity contribution >= 4 is 18.5 Å². The second-order valence-corrected chi connectivity index (χ2v) is 8.21. The van der Waals surface area contributed by atoms with Crippen molar-refractivity contribution in [3.05, 3.63) is 89.0 Å². The maximum absolute atomic E-state index is 11.1. The minimum atomic E-state index is -0.350. The molecular weight excluding hydrogens is 378 g/mol. The molecule has 1 unspecified atom stereocenters. The number of aryl methyl sites for hydroxylation is 1. The van der Waals surface area contributed by atoms with Crippen LogP contribution in [0.25, 0.3) is 11.1 Å². The molecule has 148 valence electrons. The van der Waals surface area contributed by atoms with Gasteiger partial charge in [-0.15, -0.1) is 0 Å². The molecule has 0 saturated heterocycles. The van der Waals surface area contributed by atoms with Gasteiger partial charge in [0.15, 0.2) is 0 Å². The lowest BCUT2D eigenvalue weighted by atomic mass is 9.94. The van der Waals surface area contributed by atoms with Crippen molar-refractivity contribution in [1.82, 2.24) is 0 Å². The first kappa shape index (κ1) is 19.6. The van der Waals surface area contributed by atoms with Crippen LogP contribution in [0.2, 0.25) is 0 Å². The predicted octanol–water partition coefficient (Wildman–Crippen LogP) is 5.57. The van der Waals surface area contributed by atoms with E-state index in [2.05, 4.69) is 62.0 Å². The summed E-state index contributed by atoms with van der Waals surface area (Å²) in [5.74, 6) is 0.477. The lowest BCUT2D eigenvalue weighted by molar-refractivity contribution is -0.118. The van der Waals surface area contributed by atoms with E-state index in [1.807, 2.05) is 24.3 Å². The minimum absolute atomic E-state index is 0.0530. The first-order valence-corrected chi connectivity index (χ1v) is 10.5. The third kappa shape index (κ3) is 4.18. The number of rotatable bonds is 6. The first-order chi connectivity index (χ1) is 14.0. The molecule has 0 bridgehead atoms. The van der Waals surface area contributed by atoms with Gasteiger partial charge in [-0.1, -0.05) is 54.6 Å². The van der Waals surface area contributed by atoms with Gasteiger partial charge < -0.3 is 10.5 Å². The number of hydrogen-bond donors (Lipinski definition) is 2. The summed E-state index contributed by atoms with van der Waals surface area (Å²) in [7, 11) is 0. The SMILES string of the molecule is Cc1ccccc1-c1cccc2c1CC[C@H]2Oc1ccc(C(S)CC(N)=O)cc1.